The highest BCUT2D eigenvalue weighted by atomic mass is 32.2. The SMILES string of the molecule is CC[C@@H](C)NC(=O)COc1ccc(S(=O)(=O)N[C@H](C)c2ccccc2)cc1. The van der Waals surface area contributed by atoms with Crippen LogP contribution in [0.25, 0.3) is 0 Å². The minimum absolute atomic E-state index is 0.0892. The van der Waals surface area contributed by atoms with Gasteiger partial charge in [0.05, 0.1) is 4.90 Å². The van der Waals surface area contributed by atoms with E-state index in [-0.39, 0.29) is 29.5 Å². The molecule has 2 N–H and O–H groups in total. The van der Waals surface area contributed by atoms with E-state index in [1.54, 1.807) is 6.92 Å². The molecule has 0 saturated heterocycles. The molecule has 2 aromatic carbocycles. The fraction of sp³-hybridized carbons (Fsp3) is 0.350. The van der Waals surface area contributed by atoms with Crippen molar-refractivity contribution in [3.63, 3.8) is 0 Å². The molecule has 0 fully saturated rings. The maximum atomic E-state index is 12.5. The third-order valence-electron chi connectivity index (χ3n) is 4.16. The third-order valence-corrected chi connectivity index (χ3v) is 5.71. The van der Waals surface area contributed by atoms with Gasteiger partial charge in [0.1, 0.15) is 5.75 Å². The lowest BCUT2D eigenvalue weighted by molar-refractivity contribution is -0.123. The second-order valence-electron chi connectivity index (χ2n) is 6.39. The number of nitrogens with one attached hydrogen (secondary N) is 2. The predicted octanol–water partition coefficient (Wildman–Crippen LogP) is 3.02. The van der Waals surface area contributed by atoms with Crippen LogP contribution >= 0.6 is 0 Å². The third kappa shape index (κ3) is 6.37. The zero-order valence-electron chi connectivity index (χ0n) is 15.8. The lowest BCUT2D eigenvalue weighted by Gasteiger charge is -2.15. The highest BCUT2D eigenvalue weighted by molar-refractivity contribution is 7.89. The van der Waals surface area contributed by atoms with Crippen molar-refractivity contribution in [1.29, 1.82) is 0 Å². The van der Waals surface area contributed by atoms with Gasteiger partial charge in [0.25, 0.3) is 5.91 Å². The minimum Gasteiger partial charge on any atom is -0.484 e. The van der Waals surface area contributed by atoms with Crippen LogP contribution in [-0.2, 0) is 14.8 Å². The van der Waals surface area contributed by atoms with Crippen LogP contribution in [0, 0.1) is 0 Å². The van der Waals surface area contributed by atoms with Crippen LogP contribution in [0.2, 0.25) is 0 Å². The number of carbonyl (C=O) groups excluding carboxylic acids is 1. The molecule has 0 bridgehead atoms. The summed E-state index contributed by atoms with van der Waals surface area (Å²) in [6.45, 7) is 5.58. The summed E-state index contributed by atoms with van der Waals surface area (Å²) >= 11 is 0. The number of rotatable bonds is 9. The van der Waals surface area contributed by atoms with E-state index in [1.807, 2.05) is 44.2 Å². The number of ether oxygens (including phenoxy) is 1. The number of carbonyl (C=O) groups is 1. The number of sulfonamides is 1. The molecule has 0 aliphatic carbocycles. The Labute approximate surface area is 161 Å². The fourth-order valence-corrected chi connectivity index (χ4v) is 3.62. The van der Waals surface area contributed by atoms with E-state index in [2.05, 4.69) is 10.0 Å². The summed E-state index contributed by atoms with van der Waals surface area (Å²) in [6, 6.07) is 15.1. The summed E-state index contributed by atoms with van der Waals surface area (Å²) in [5.74, 6) is 0.226. The van der Waals surface area contributed by atoms with E-state index in [0.717, 1.165) is 12.0 Å². The molecule has 27 heavy (non-hydrogen) atoms. The first-order valence-electron chi connectivity index (χ1n) is 8.91. The minimum atomic E-state index is -3.66. The molecule has 0 aliphatic rings. The van der Waals surface area contributed by atoms with Crippen molar-refractivity contribution in [2.45, 2.75) is 44.2 Å². The van der Waals surface area contributed by atoms with Crippen molar-refractivity contribution < 1.29 is 17.9 Å². The molecule has 0 aromatic heterocycles. The standard InChI is InChI=1S/C20H26N2O4S/c1-4-15(2)21-20(23)14-26-18-10-12-19(13-11-18)27(24,25)22-16(3)17-8-6-5-7-9-17/h5-13,15-16,22H,4,14H2,1-3H3,(H,21,23)/t15-,16-/m1/s1. The maximum absolute atomic E-state index is 12.5. The van der Waals surface area contributed by atoms with E-state index in [9.17, 15) is 13.2 Å². The van der Waals surface area contributed by atoms with Crippen molar-refractivity contribution >= 4 is 15.9 Å². The monoisotopic (exact) mass is 390 g/mol. The first kappa shape index (κ1) is 20.9. The average molecular weight is 391 g/mol. The second-order valence-corrected chi connectivity index (χ2v) is 8.10. The first-order chi connectivity index (χ1) is 12.8. The summed E-state index contributed by atoms with van der Waals surface area (Å²) in [6.07, 6.45) is 0.840. The summed E-state index contributed by atoms with van der Waals surface area (Å²) in [4.78, 5) is 11.9. The van der Waals surface area contributed by atoms with Crippen LogP contribution in [0.5, 0.6) is 5.75 Å². The Morgan fingerprint density at radius 1 is 1.04 bits per heavy atom. The van der Waals surface area contributed by atoms with Crippen LogP contribution in [-0.4, -0.2) is 27.0 Å². The molecule has 146 valence electrons. The molecule has 1 amide bonds. The van der Waals surface area contributed by atoms with Crippen LogP contribution in [0.15, 0.2) is 59.5 Å². The zero-order chi connectivity index (χ0) is 19.9. The van der Waals surface area contributed by atoms with Crippen molar-refractivity contribution in [3.05, 3.63) is 60.2 Å². The molecule has 2 aromatic rings. The van der Waals surface area contributed by atoms with Crippen molar-refractivity contribution in [2.24, 2.45) is 0 Å². The van der Waals surface area contributed by atoms with Gasteiger partial charge in [0, 0.05) is 12.1 Å². The van der Waals surface area contributed by atoms with E-state index >= 15 is 0 Å². The van der Waals surface area contributed by atoms with E-state index < -0.39 is 10.0 Å². The van der Waals surface area contributed by atoms with E-state index in [1.165, 1.54) is 24.3 Å². The van der Waals surface area contributed by atoms with Gasteiger partial charge in [-0.3, -0.25) is 4.79 Å². The summed E-state index contributed by atoms with van der Waals surface area (Å²) < 4.78 is 33.1. The Morgan fingerprint density at radius 2 is 1.67 bits per heavy atom. The van der Waals surface area contributed by atoms with Gasteiger partial charge >= 0.3 is 0 Å². The smallest absolute Gasteiger partial charge is 0.258 e. The average Bonchev–Trinajstić information content (AvgIpc) is 2.67. The van der Waals surface area contributed by atoms with Gasteiger partial charge < -0.3 is 10.1 Å². The van der Waals surface area contributed by atoms with Crippen LogP contribution in [0.3, 0.4) is 0 Å². The first-order valence-corrected chi connectivity index (χ1v) is 10.4. The molecule has 0 aliphatic heterocycles. The number of hydrogen-bond acceptors (Lipinski definition) is 4. The number of amides is 1. The lowest BCUT2D eigenvalue weighted by atomic mass is 10.1. The zero-order valence-corrected chi connectivity index (χ0v) is 16.6. The second kappa shape index (κ2) is 9.53. The Bertz CT molecular complexity index is 836. The molecule has 0 heterocycles. The van der Waals surface area contributed by atoms with Gasteiger partial charge in [0.15, 0.2) is 6.61 Å². The van der Waals surface area contributed by atoms with Gasteiger partial charge in [-0.2, -0.15) is 0 Å². The van der Waals surface area contributed by atoms with E-state index in [0.29, 0.717) is 5.75 Å². The molecule has 0 radical (unpaired) electrons. The highest BCUT2D eigenvalue weighted by Crippen LogP contribution is 2.19. The Balaban J connectivity index is 1.96. The van der Waals surface area contributed by atoms with Crippen molar-refractivity contribution in [3.8, 4) is 5.75 Å². The van der Waals surface area contributed by atoms with Crippen LogP contribution in [0.1, 0.15) is 38.8 Å². The van der Waals surface area contributed by atoms with Crippen LogP contribution < -0.4 is 14.8 Å². The lowest BCUT2D eigenvalue weighted by Crippen LogP contribution is -2.35. The highest BCUT2D eigenvalue weighted by Gasteiger charge is 2.18. The molecule has 6 nitrogen and oxygen atoms in total. The number of benzene rings is 2. The van der Waals surface area contributed by atoms with Gasteiger partial charge in [-0.05, 0) is 50.1 Å². The Hall–Kier alpha value is -2.38. The Kier molecular flexibility index (Phi) is 7.38. The van der Waals surface area contributed by atoms with Crippen molar-refractivity contribution in [1.82, 2.24) is 10.0 Å². The molecule has 7 heteroatoms. The topological polar surface area (TPSA) is 84.5 Å². The normalized spacial score (nSPS) is 13.6. The summed E-state index contributed by atoms with van der Waals surface area (Å²) in [5.41, 5.74) is 0.883. The Morgan fingerprint density at radius 3 is 2.26 bits per heavy atom. The molecule has 0 spiro atoms. The largest absolute Gasteiger partial charge is 0.484 e. The molecule has 0 saturated carbocycles. The molecular weight excluding hydrogens is 364 g/mol. The quantitative estimate of drug-likeness (QED) is 0.689. The predicted molar refractivity (Wildman–Crippen MR) is 105 cm³/mol. The number of hydrogen-bond donors (Lipinski definition) is 2. The van der Waals surface area contributed by atoms with Gasteiger partial charge in [-0.15, -0.1) is 0 Å². The fourth-order valence-electron chi connectivity index (χ4n) is 2.39. The van der Waals surface area contributed by atoms with Gasteiger partial charge in [-0.1, -0.05) is 37.3 Å². The van der Waals surface area contributed by atoms with Crippen molar-refractivity contribution in [2.75, 3.05) is 6.61 Å². The molecule has 2 atom stereocenters. The van der Waals surface area contributed by atoms with Crippen LogP contribution in [0.4, 0.5) is 0 Å². The van der Waals surface area contributed by atoms with E-state index in [4.69, 9.17) is 4.74 Å². The van der Waals surface area contributed by atoms with Gasteiger partial charge in [-0.25, -0.2) is 13.1 Å². The maximum Gasteiger partial charge on any atom is 0.258 e. The summed E-state index contributed by atoms with van der Waals surface area (Å²) in [7, 11) is -3.66. The summed E-state index contributed by atoms with van der Waals surface area (Å²) in [5, 5.41) is 2.80. The van der Waals surface area contributed by atoms with Gasteiger partial charge in [0.2, 0.25) is 10.0 Å². The molecule has 2 rings (SSSR count). The molecular formula is C20H26N2O4S. The molecule has 0 unspecified atom stereocenters.